The summed E-state index contributed by atoms with van der Waals surface area (Å²) in [5, 5.41) is 15.5. The van der Waals surface area contributed by atoms with Gasteiger partial charge >= 0.3 is 6.09 Å². The summed E-state index contributed by atoms with van der Waals surface area (Å²) in [4.78, 5) is 49.8. The third kappa shape index (κ3) is 4.11. The van der Waals surface area contributed by atoms with Crippen LogP contribution in [0.4, 0.5) is 22.0 Å². The first-order valence-corrected chi connectivity index (χ1v) is 11.1. The maximum Gasteiger partial charge on any atom is 0.408 e. The molecule has 2 amide bonds. The molecule has 1 aromatic carbocycles. The zero-order chi connectivity index (χ0) is 23.7. The predicted molar refractivity (Wildman–Crippen MR) is 127 cm³/mol. The Labute approximate surface area is 197 Å². The first-order chi connectivity index (χ1) is 16.5. The van der Waals surface area contributed by atoms with E-state index in [0.717, 1.165) is 10.6 Å². The van der Waals surface area contributed by atoms with Gasteiger partial charge in [0.1, 0.15) is 10.7 Å². The van der Waals surface area contributed by atoms with Crippen LogP contribution < -0.4 is 10.6 Å². The van der Waals surface area contributed by atoms with E-state index in [0.29, 0.717) is 38.9 Å². The Kier molecular flexibility index (Phi) is 5.52. The fraction of sp³-hybridized carbons (Fsp3) is 0.0870. The van der Waals surface area contributed by atoms with Gasteiger partial charge in [-0.1, -0.05) is 18.2 Å². The number of hydrogen-bond donors (Lipinski definition) is 4. The molecule has 4 N–H and O–H groups in total. The van der Waals surface area contributed by atoms with Crippen LogP contribution in [0.25, 0.3) is 11.3 Å². The van der Waals surface area contributed by atoms with E-state index >= 15 is 0 Å². The minimum atomic E-state index is -1.16. The number of aromatic nitrogens is 3. The van der Waals surface area contributed by atoms with Crippen molar-refractivity contribution in [3.63, 3.8) is 0 Å². The minimum absolute atomic E-state index is 0.0555. The Bertz CT molecular complexity index is 1380. The normalized spacial score (nSPS) is 12.8. The number of carboxylic acid groups (broad SMARTS) is 1. The number of thiazole rings is 1. The summed E-state index contributed by atoms with van der Waals surface area (Å²) in [7, 11) is 0. The lowest BCUT2D eigenvalue weighted by Gasteiger charge is -2.23. The third-order valence-corrected chi connectivity index (χ3v) is 6.07. The number of benzene rings is 1. The number of H-pyrrole nitrogens is 1. The number of carbonyl (C=O) groups is 3. The molecule has 4 heterocycles. The fourth-order valence-electron chi connectivity index (χ4n) is 3.78. The average Bonchev–Trinajstić information content (AvgIpc) is 3.49. The first kappa shape index (κ1) is 21.3. The number of carbonyl (C=O) groups excluding carboxylic acids is 2. The van der Waals surface area contributed by atoms with Gasteiger partial charge in [0.25, 0.3) is 5.91 Å². The van der Waals surface area contributed by atoms with E-state index in [1.807, 2.05) is 30.3 Å². The van der Waals surface area contributed by atoms with Crippen LogP contribution in [0.15, 0.2) is 60.4 Å². The molecule has 10 nitrogen and oxygen atoms in total. The van der Waals surface area contributed by atoms with Crippen LogP contribution in [0.1, 0.15) is 25.7 Å². The maximum atomic E-state index is 13.0. The number of aromatic amines is 1. The molecule has 1 aliphatic heterocycles. The Hall–Kier alpha value is -4.51. The summed E-state index contributed by atoms with van der Waals surface area (Å²) < 4.78 is 0. The number of para-hydroxylation sites is 1. The van der Waals surface area contributed by atoms with Crippen molar-refractivity contribution in [3.05, 3.63) is 76.5 Å². The molecule has 0 atom stereocenters. The molecule has 34 heavy (non-hydrogen) atoms. The molecule has 0 unspecified atom stereocenters. The van der Waals surface area contributed by atoms with Crippen molar-refractivity contribution in [1.82, 2.24) is 19.9 Å². The molecular formula is C23H18N6O4S. The van der Waals surface area contributed by atoms with E-state index in [1.165, 1.54) is 17.5 Å². The van der Waals surface area contributed by atoms with Crippen LogP contribution >= 0.6 is 11.3 Å². The van der Waals surface area contributed by atoms with E-state index < -0.39 is 6.09 Å². The van der Waals surface area contributed by atoms with Crippen molar-refractivity contribution < 1.29 is 19.5 Å². The van der Waals surface area contributed by atoms with E-state index in [2.05, 4.69) is 25.6 Å². The topological polar surface area (TPSA) is 140 Å². The zero-order valence-corrected chi connectivity index (χ0v) is 18.4. The molecule has 0 radical (unpaired) electrons. The predicted octanol–water partition coefficient (Wildman–Crippen LogP) is 4.21. The second-order valence-electron chi connectivity index (χ2n) is 7.53. The lowest BCUT2D eigenvalue weighted by atomic mass is 10.0. The standard InChI is InChI=1S/C23H18N6O4S/c30-16-11-29(23(32)33)10-15-19(16)21(26-14-4-2-1-3-5-14)20(27-15)13-6-7-25-18(8-13)28-22(31)17-9-24-12-34-17/h1-9,12,26-27H,10-11H2,(H,32,33)(H,25,28,31). The molecule has 0 aliphatic carbocycles. The van der Waals surface area contributed by atoms with Gasteiger partial charge in [-0.2, -0.15) is 0 Å². The SMILES string of the molecule is O=C(Nc1cc(-c2[nH]c3c(c2Nc2ccccc2)C(=O)CN(C(=O)O)C3)ccn1)c1cncs1. The van der Waals surface area contributed by atoms with Crippen molar-refractivity contribution >= 4 is 46.3 Å². The number of Topliss-reactive ketones (excluding diaryl/α,β-unsaturated/α-hetero) is 1. The van der Waals surface area contributed by atoms with E-state index in [-0.39, 0.29) is 24.8 Å². The summed E-state index contributed by atoms with van der Waals surface area (Å²) in [5.41, 5.74) is 5.06. The van der Waals surface area contributed by atoms with Gasteiger partial charge in [0.15, 0.2) is 5.78 Å². The van der Waals surface area contributed by atoms with E-state index in [4.69, 9.17) is 0 Å². The Morgan fingerprint density at radius 3 is 2.71 bits per heavy atom. The summed E-state index contributed by atoms with van der Waals surface area (Å²) in [6.45, 7) is -0.171. The summed E-state index contributed by atoms with van der Waals surface area (Å²) in [6, 6.07) is 12.8. The summed E-state index contributed by atoms with van der Waals surface area (Å²) in [5.74, 6) is -0.308. The highest BCUT2D eigenvalue weighted by molar-refractivity contribution is 7.11. The van der Waals surface area contributed by atoms with Crippen LogP contribution in [-0.4, -0.2) is 49.3 Å². The van der Waals surface area contributed by atoms with Crippen LogP contribution in [0.5, 0.6) is 0 Å². The lowest BCUT2D eigenvalue weighted by molar-refractivity contribution is 0.0874. The molecule has 3 aromatic heterocycles. The molecule has 0 saturated carbocycles. The Morgan fingerprint density at radius 2 is 1.97 bits per heavy atom. The smallest absolute Gasteiger partial charge is 0.408 e. The molecule has 0 bridgehead atoms. The number of amides is 2. The third-order valence-electron chi connectivity index (χ3n) is 5.30. The molecule has 170 valence electrons. The Morgan fingerprint density at radius 1 is 1.15 bits per heavy atom. The van der Waals surface area contributed by atoms with Gasteiger partial charge in [0.2, 0.25) is 0 Å². The van der Waals surface area contributed by atoms with E-state index in [9.17, 15) is 19.5 Å². The van der Waals surface area contributed by atoms with Gasteiger partial charge in [-0.25, -0.2) is 9.78 Å². The van der Waals surface area contributed by atoms with Crippen LogP contribution in [0, 0.1) is 0 Å². The van der Waals surface area contributed by atoms with Crippen LogP contribution in [0.3, 0.4) is 0 Å². The number of pyridine rings is 1. The van der Waals surface area contributed by atoms with Crippen LogP contribution in [-0.2, 0) is 6.54 Å². The molecule has 5 rings (SSSR count). The van der Waals surface area contributed by atoms with Gasteiger partial charge in [0, 0.05) is 23.1 Å². The minimum Gasteiger partial charge on any atom is -0.465 e. The van der Waals surface area contributed by atoms with Gasteiger partial charge < -0.3 is 20.7 Å². The number of fused-ring (bicyclic) bond motifs is 1. The van der Waals surface area contributed by atoms with Crippen molar-refractivity contribution in [2.24, 2.45) is 0 Å². The van der Waals surface area contributed by atoms with Crippen molar-refractivity contribution in [1.29, 1.82) is 0 Å². The van der Waals surface area contributed by atoms with Crippen molar-refractivity contribution in [3.8, 4) is 11.3 Å². The number of ketones is 1. The number of hydrogen-bond acceptors (Lipinski definition) is 7. The van der Waals surface area contributed by atoms with Gasteiger partial charge in [0.05, 0.1) is 41.7 Å². The molecule has 1 aliphatic rings. The molecular weight excluding hydrogens is 456 g/mol. The van der Waals surface area contributed by atoms with Gasteiger partial charge in [-0.05, 0) is 24.3 Å². The van der Waals surface area contributed by atoms with Crippen molar-refractivity contribution in [2.45, 2.75) is 6.54 Å². The zero-order valence-electron chi connectivity index (χ0n) is 17.6. The second kappa shape index (κ2) is 8.79. The monoisotopic (exact) mass is 474 g/mol. The molecule has 4 aromatic rings. The number of nitrogens with one attached hydrogen (secondary N) is 3. The van der Waals surface area contributed by atoms with Gasteiger partial charge in [-0.3, -0.25) is 19.5 Å². The fourth-order valence-corrected chi connectivity index (χ4v) is 4.30. The second-order valence-corrected chi connectivity index (χ2v) is 8.42. The van der Waals surface area contributed by atoms with Gasteiger partial charge in [-0.15, -0.1) is 11.3 Å². The van der Waals surface area contributed by atoms with Crippen LogP contribution in [0.2, 0.25) is 0 Å². The van der Waals surface area contributed by atoms with E-state index in [1.54, 1.807) is 23.8 Å². The number of rotatable bonds is 5. The molecule has 0 fully saturated rings. The van der Waals surface area contributed by atoms with Crippen molar-refractivity contribution in [2.75, 3.05) is 17.2 Å². The molecule has 11 heteroatoms. The maximum absolute atomic E-state index is 13.0. The summed E-state index contributed by atoms with van der Waals surface area (Å²) >= 11 is 1.22. The first-order valence-electron chi connectivity index (χ1n) is 10.2. The molecule has 0 saturated heterocycles. The highest BCUT2D eigenvalue weighted by Crippen LogP contribution is 2.38. The highest BCUT2D eigenvalue weighted by atomic mass is 32.1. The number of nitrogens with zero attached hydrogens (tertiary/aromatic N) is 3. The average molecular weight is 475 g/mol. The number of anilines is 3. The highest BCUT2D eigenvalue weighted by Gasteiger charge is 2.32. The molecule has 0 spiro atoms. The summed E-state index contributed by atoms with van der Waals surface area (Å²) in [6.07, 6.45) is 1.87. The quantitative estimate of drug-likeness (QED) is 0.340. The Balaban J connectivity index is 1.56. The largest absolute Gasteiger partial charge is 0.465 e. The lowest BCUT2D eigenvalue weighted by Crippen LogP contribution is -2.38.